The van der Waals surface area contributed by atoms with Gasteiger partial charge in [0, 0.05) is 13.0 Å². The van der Waals surface area contributed by atoms with Crippen LogP contribution in [0.3, 0.4) is 0 Å². The molecule has 2 fully saturated rings. The highest BCUT2D eigenvalue weighted by atomic mass is 16.6. The van der Waals surface area contributed by atoms with E-state index in [0.717, 1.165) is 4.90 Å². The van der Waals surface area contributed by atoms with Gasteiger partial charge >= 0.3 is 6.03 Å². The Morgan fingerprint density at radius 1 is 1.36 bits per heavy atom. The van der Waals surface area contributed by atoms with E-state index in [1.54, 1.807) is 0 Å². The lowest BCUT2D eigenvalue weighted by Crippen LogP contribution is -2.49. The number of nitrogens with one attached hydrogen (secondary N) is 1. The Balaban J connectivity index is 2.21. The number of imide groups is 1. The maximum Gasteiger partial charge on any atom is 0.325 e. The van der Waals surface area contributed by atoms with Crippen LogP contribution in [-0.2, 0) is 9.53 Å². The van der Waals surface area contributed by atoms with Crippen LogP contribution in [0.5, 0.6) is 0 Å². The van der Waals surface area contributed by atoms with Crippen molar-refractivity contribution in [3.8, 4) is 0 Å². The molecule has 3 amide bonds. The van der Waals surface area contributed by atoms with Crippen LogP contribution >= 0.6 is 0 Å². The van der Waals surface area contributed by atoms with E-state index in [2.05, 4.69) is 5.32 Å². The number of ether oxygens (including phenoxy) is 1. The minimum absolute atomic E-state index is 0.00611. The molecule has 78 valence electrons. The molecule has 2 saturated heterocycles. The van der Waals surface area contributed by atoms with Gasteiger partial charge in [-0.2, -0.15) is 0 Å². The van der Waals surface area contributed by atoms with Gasteiger partial charge in [-0.1, -0.05) is 13.8 Å². The molecule has 0 aliphatic carbocycles. The van der Waals surface area contributed by atoms with Crippen molar-refractivity contribution in [2.24, 2.45) is 11.8 Å². The second-order valence-corrected chi connectivity index (χ2v) is 4.02. The van der Waals surface area contributed by atoms with Gasteiger partial charge in [-0.05, 0) is 5.92 Å². The average Bonchev–Trinajstić information content (AvgIpc) is 2.91. The van der Waals surface area contributed by atoms with Gasteiger partial charge in [0.05, 0.1) is 0 Å². The molecule has 0 bridgehead atoms. The standard InChI is InChI=1S/C9H14N2O3/c1-4-5(2)8(12)11(3)9(13)10-7-6(4)14-7/h4-7H,1-3H3,(H,10,13). The molecule has 5 heteroatoms. The fourth-order valence-corrected chi connectivity index (χ4v) is 1.77. The Hall–Kier alpha value is -1.10. The Kier molecular flexibility index (Phi) is 1.99. The molecule has 0 spiro atoms. The van der Waals surface area contributed by atoms with Crippen LogP contribution in [0.4, 0.5) is 4.79 Å². The highest BCUT2D eigenvalue weighted by Gasteiger charge is 2.50. The average molecular weight is 198 g/mol. The van der Waals surface area contributed by atoms with Gasteiger partial charge in [0.1, 0.15) is 6.10 Å². The summed E-state index contributed by atoms with van der Waals surface area (Å²) in [6.07, 6.45) is -0.193. The van der Waals surface area contributed by atoms with Crippen LogP contribution < -0.4 is 5.32 Å². The molecule has 0 radical (unpaired) electrons. The summed E-state index contributed by atoms with van der Waals surface area (Å²) in [5.74, 6) is -0.166. The van der Waals surface area contributed by atoms with E-state index in [0.29, 0.717) is 0 Å². The lowest BCUT2D eigenvalue weighted by Gasteiger charge is -2.25. The Morgan fingerprint density at radius 2 is 2.00 bits per heavy atom. The van der Waals surface area contributed by atoms with E-state index in [4.69, 9.17) is 4.74 Å². The molecule has 4 unspecified atom stereocenters. The molecular weight excluding hydrogens is 184 g/mol. The minimum Gasteiger partial charge on any atom is -0.347 e. The summed E-state index contributed by atoms with van der Waals surface area (Å²) in [4.78, 5) is 24.2. The van der Waals surface area contributed by atoms with Gasteiger partial charge in [-0.25, -0.2) is 4.79 Å². The maximum atomic E-state index is 11.7. The number of epoxide rings is 1. The lowest BCUT2D eigenvalue weighted by molar-refractivity contribution is -0.132. The summed E-state index contributed by atoms with van der Waals surface area (Å²) in [6, 6.07) is -0.374. The van der Waals surface area contributed by atoms with Crippen molar-refractivity contribution in [2.45, 2.75) is 26.2 Å². The third-order valence-electron chi connectivity index (χ3n) is 3.12. The topological polar surface area (TPSA) is 61.9 Å². The highest BCUT2D eigenvalue weighted by Crippen LogP contribution is 2.34. The second-order valence-electron chi connectivity index (χ2n) is 4.02. The summed E-state index contributed by atoms with van der Waals surface area (Å²) >= 11 is 0. The number of carbonyl (C=O) groups excluding carboxylic acids is 2. The van der Waals surface area contributed by atoms with Gasteiger partial charge in [-0.15, -0.1) is 0 Å². The fourth-order valence-electron chi connectivity index (χ4n) is 1.77. The summed E-state index contributed by atoms with van der Waals surface area (Å²) in [5, 5.41) is 2.63. The normalized spacial score (nSPS) is 42.4. The van der Waals surface area contributed by atoms with Gasteiger partial charge in [0.2, 0.25) is 5.91 Å². The highest BCUT2D eigenvalue weighted by molar-refractivity contribution is 5.95. The van der Waals surface area contributed by atoms with E-state index >= 15 is 0 Å². The van der Waals surface area contributed by atoms with E-state index in [1.807, 2.05) is 13.8 Å². The van der Waals surface area contributed by atoms with Crippen molar-refractivity contribution >= 4 is 11.9 Å². The van der Waals surface area contributed by atoms with Gasteiger partial charge in [0.15, 0.2) is 6.23 Å². The Labute approximate surface area is 82.4 Å². The first-order valence-corrected chi connectivity index (χ1v) is 4.76. The number of urea groups is 1. The Bertz CT molecular complexity index is 292. The maximum absolute atomic E-state index is 11.7. The molecule has 0 aromatic heterocycles. The molecule has 2 aliphatic heterocycles. The molecule has 14 heavy (non-hydrogen) atoms. The van der Waals surface area contributed by atoms with Crippen molar-refractivity contribution in [1.82, 2.24) is 10.2 Å². The molecular formula is C9H14N2O3. The predicted molar refractivity (Wildman–Crippen MR) is 48.3 cm³/mol. The van der Waals surface area contributed by atoms with E-state index in [1.165, 1.54) is 7.05 Å². The summed E-state index contributed by atoms with van der Waals surface area (Å²) in [6.45, 7) is 3.80. The van der Waals surface area contributed by atoms with Gasteiger partial charge in [0.25, 0.3) is 0 Å². The molecule has 0 aromatic rings. The van der Waals surface area contributed by atoms with Crippen LogP contribution in [0, 0.1) is 11.8 Å². The molecule has 1 N–H and O–H groups in total. The summed E-state index contributed by atoms with van der Waals surface area (Å²) < 4.78 is 5.28. The largest absolute Gasteiger partial charge is 0.347 e. The number of hydrogen-bond donors (Lipinski definition) is 1. The van der Waals surface area contributed by atoms with Crippen LogP contribution in [0.25, 0.3) is 0 Å². The van der Waals surface area contributed by atoms with Crippen molar-refractivity contribution in [1.29, 1.82) is 0 Å². The first-order valence-electron chi connectivity index (χ1n) is 4.76. The van der Waals surface area contributed by atoms with Gasteiger partial charge in [-0.3, -0.25) is 9.69 Å². The number of fused-ring (bicyclic) bond motifs is 1. The van der Waals surface area contributed by atoms with Crippen LogP contribution in [-0.4, -0.2) is 36.2 Å². The molecule has 2 rings (SSSR count). The zero-order chi connectivity index (χ0) is 10.5. The third-order valence-corrected chi connectivity index (χ3v) is 3.12. The quantitative estimate of drug-likeness (QED) is 0.564. The number of nitrogens with zero attached hydrogens (tertiary/aromatic N) is 1. The van der Waals surface area contributed by atoms with Crippen LogP contribution in [0.15, 0.2) is 0 Å². The zero-order valence-corrected chi connectivity index (χ0v) is 8.48. The second kappa shape index (κ2) is 2.95. The molecule has 0 saturated carbocycles. The van der Waals surface area contributed by atoms with E-state index in [-0.39, 0.29) is 36.1 Å². The van der Waals surface area contributed by atoms with Crippen LogP contribution in [0.1, 0.15) is 13.8 Å². The number of carbonyl (C=O) groups is 2. The lowest BCUT2D eigenvalue weighted by atomic mass is 9.91. The first-order chi connectivity index (χ1) is 6.52. The zero-order valence-electron chi connectivity index (χ0n) is 8.48. The number of amides is 3. The number of rotatable bonds is 0. The van der Waals surface area contributed by atoms with E-state index < -0.39 is 0 Å². The molecule has 5 nitrogen and oxygen atoms in total. The molecule has 2 aliphatic rings. The van der Waals surface area contributed by atoms with E-state index in [9.17, 15) is 9.59 Å². The molecule has 2 heterocycles. The monoisotopic (exact) mass is 198 g/mol. The predicted octanol–water partition coefficient (Wildman–Crippen LogP) is 0.165. The SMILES string of the molecule is CC1C(=O)N(C)C(=O)NC2OC2C1C. The number of hydrogen-bond acceptors (Lipinski definition) is 3. The molecule has 4 atom stereocenters. The fraction of sp³-hybridized carbons (Fsp3) is 0.778. The van der Waals surface area contributed by atoms with Crippen molar-refractivity contribution in [2.75, 3.05) is 7.05 Å². The van der Waals surface area contributed by atoms with Crippen LogP contribution in [0.2, 0.25) is 0 Å². The molecule has 0 aromatic carbocycles. The Morgan fingerprint density at radius 3 is 2.64 bits per heavy atom. The summed E-state index contributed by atoms with van der Waals surface area (Å²) in [5.41, 5.74) is 0. The minimum atomic E-state index is -0.374. The van der Waals surface area contributed by atoms with Crippen molar-refractivity contribution in [3.05, 3.63) is 0 Å². The third kappa shape index (κ3) is 1.28. The van der Waals surface area contributed by atoms with Gasteiger partial charge < -0.3 is 10.1 Å². The smallest absolute Gasteiger partial charge is 0.325 e. The van der Waals surface area contributed by atoms with Crippen molar-refractivity contribution in [3.63, 3.8) is 0 Å². The summed E-state index contributed by atoms with van der Waals surface area (Å²) in [7, 11) is 1.49. The van der Waals surface area contributed by atoms with Crippen molar-refractivity contribution < 1.29 is 14.3 Å². The first kappa shape index (κ1) is 9.45.